The summed E-state index contributed by atoms with van der Waals surface area (Å²) < 4.78 is 79.7. The maximum Gasteiger partial charge on any atom is 0.417 e. The van der Waals surface area contributed by atoms with E-state index in [1.54, 1.807) is 6.07 Å². The number of benzene rings is 2. The Morgan fingerprint density at radius 1 is 0.900 bits per heavy atom. The highest BCUT2D eigenvalue weighted by atomic mass is 19.4. The number of carbonyl (C=O) groups excluding carboxylic acids is 1. The molecule has 0 aromatic heterocycles. The molecule has 0 fully saturated rings. The molecule has 1 amide bonds. The Kier molecular flexibility index (Phi) is 5.36. The zero-order valence-corrected chi connectivity index (χ0v) is 15.2. The molecule has 0 heterocycles. The number of nitrogens with two attached hydrogens (primary N) is 2. The van der Waals surface area contributed by atoms with E-state index in [2.05, 4.69) is 4.99 Å². The fraction of sp³-hybridized carbons (Fsp3) is 0.200. The molecule has 2 aromatic carbocycles. The van der Waals surface area contributed by atoms with Crippen molar-refractivity contribution >= 4 is 17.4 Å². The molecular weight excluding hydrogens is 412 g/mol. The van der Waals surface area contributed by atoms with Gasteiger partial charge in [-0.3, -0.25) is 4.79 Å². The molecule has 10 heteroatoms. The normalized spacial score (nSPS) is 14.0. The van der Waals surface area contributed by atoms with Crippen molar-refractivity contribution in [3.05, 3.63) is 75.9 Å². The van der Waals surface area contributed by atoms with Gasteiger partial charge < -0.3 is 11.5 Å². The van der Waals surface area contributed by atoms with E-state index in [9.17, 15) is 31.1 Å². The van der Waals surface area contributed by atoms with Gasteiger partial charge in [-0.15, -0.1) is 0 Å². The molecule has 1 aliphatic carbocycles. The van der Waals surface area contributed by atoms with Crippen molar-refractivity contribution < 1.29 is 31.1 Å². The molecule has 0 bridgehead atoms. The molecule has 0 aliphatic heterocycles. The van der Waals surface area contributed by atoms with Gasteiger partial charge in [0.2, 0.25) is 0 Å². The number of rotatable bonds is 2. The fourth-order valence-electron chi connectivity index (χ4n) is 3.29. The number of nitrogens with zero attached hydrogens (tertiary/aromatic N) is 1. The van der Waals surface area contributed by atoms with Crippen molar-refractivity contribution in [2.24, 2.45) is 16.5 Å². The van der Waals surface area contributed by atoms with Gasteiger partial charge in [0.15, 0.2) is 5.96 Å². The monoisotopic (exact) mass is 427 g/mol. The summed E-state index contributed by atoms with van der Waals surface area (Å²) in [4.78, 5) is 15.5. The molecule has 4 nitrogen and oxygen atoms in total. The summed E-state index contributed by atoms with van der Waals surface area (Å²) in [5, 5.41) is 0. The van der Waals surface area contributed by atoms with Crippen LogP contribution in [0.2, 0.25) is 0 Å². The van der Waals surface area contributed by atoms with E-state index >= 15 is 0 Å². The van der Waals surface area contributed by atoms with Crippen LogP contribution in [-0.4, -0.2) is 11.9 Å². The van der Waals surface area contributed by atoms with Gasteiger partial charge in [-0.05, 0) is 59.4 Å². The largest absolute Gasteiger partial charge is 0.417 e. The number of fused-ring (bicyclic) bond motifs is 1. The number of hydrogen-bond acceptors (Lipinski definition) is 1. The minimum Gasteiger partial charge on any atom is -0.370 e. The Labute approximate surface area is 166 Å². The lowest BCUT2D eigenvalue weighted by molar-refractivity contribution is -0.143. The molecule has 0 atom stereocenters. The third-order valence-electron chi connectivity index (χ3n) is 4.58. The number of hydrogen-bond donors (Lipinski definition) is 2. The number of amides is 1. The molecule has 2 aromatic rings. The Morgan fingerprint density at radius 3 is 2.20 bits per heavy atom. The van der Waals surface area contributed by atoms with Crippen LogP contribution >= 0.6 is 0 Å². The van der Waals surface area contributed by atoms with Gasteiger partial charge in [-0.25, -0.2) is 0 Å². The zero-order valence-electron chi connectivity index (χ0n) is 15.2. The Morgan fingerprint density at radius 2 is 1.60 bits per heavy atom. The van der Waals surface area contributed by atoms with Crippen LogP contribution in [0.4, 0.5) is 26.3 Å². The van der Waals surface area contributed by atoms with E-state index in [0.717, 1.165) is 6.07 Å². The fourth-order valence-corrected chi connectivity index (χ4v) is 3.29. The highest BCUT2D eigenvalue weighted by Gasteiger charge is 2.39. The Hall–Kier alpha value is -3.30. The predicted molar refractivity (Wildman–Crippen MR) is 98.4 cm³/mol. The molecule has 0 unspecified atom stereocenters. The highest BCUT2D eigenvalue weighted by molar-refractivity contribution is 6.02. The SMILES string of the molecule is NC(N)=NC(=O)c1ccc2c(c1)C(c1ccc(C(F)(F)F)cc1C(F)(F)F)=CCC2. The molecule has 158 valence electrons. The maximum absolute atomic E-state index is 13.6. The van der Waals surface area contributed by atoms with E-state index in [0.29, 0.717) is 30.0 Å². The van der Waals surface area contributed by atoms with Crippen molar-refractivity contribution in [1.29, 1.82) is 0 Å². The zero-order chi connectivity index (χ0) is 22.3. The summed E-state index contributed by atoms with van der Waals surface area (Å²) in [5.74, 6) is -1.26. The quantitative estimate of drug-likeness (QED) is 0.420. The van der Waals surface area contributed by atoms with Crippen LogP contribution in [-0.2, 0) is 18.8 Å². The molecule has 3 rings (SSSR count). The average molecular weight is 427 g/mol. The molecule has 1 aliphatic rings. The summed E-state index contributed by atoms with van der Waals surface area (Å²) >= 11 is 0. The van der Waals surface area contributed by atoms with Gasteiger partial charge in [-0.1, -0.05) is 18.2 Å². The van der Waals surface area contributed by atoms with Gasteiger partial charge in [0.25, 0.3) is 5.91 Å². The molecule has 0 radical (unpaired) electrons. The lowest BCUT2D eigenvalue weighted by Crippen LogP contribution is -2.24. The second-order valence-electron chi connectivity index (χ2n) is 6.63. The number of guanidine groups is 1. The molecular formula is C20H15F6N3O. The van der Waals surface area contributed by atoms with Gasteiger partial charge >= 0.3 is 12.4 Å². The highest BCUT2D eigenvalue weighted by Crippen LogP contribution is 2.42. The summed E-state index contributed by atoms with van der Waals surface area (Å²) in [7, 11) is 0. The van der Waals surface area contributed by atoms with E-state index in [1.807, 2.05) is 0 Å². The number of halogens is 6. The smallest absolute Gasteiger partial charge is 0.370 e. The molecule has 30 heavy (non-hydrogen) atoms. The summed E-state index contributed by atoms with van der Waals surface area (Å²) in [6.07, 6.45) is -7.54. The van der Waals surface area contributed by atoms with Crippen LogP contribution < -0.4 is 11.5 Å². The minimum absolute atomic E-state index is 0.0374. The molecule has 0 saturated heterocycles. The van der Waals surface area contributed by atoms with E-state index < -0.39 is 40.9 Å². The molecule has 4 N–H and O–H groups in total. The van der Waals surface area contributed by atoms with Crippen LogP contribution in [0.25, 0.3) is 5.57 Å². The number of carbonyl (C=O) groups is 1. The summed E-state index contributed by atoms with van der Waals surface area (Å²) in [5.41, 5.74) is 8.26. The Balaban J connectivity index is 2.18. The van der Waals surface area contributed by atoms with Crippen LogP contribution in [0.15, 0.2) is 47.5 Å². The van der Waals surface area contributed by atoms with E-state index in [4.69, 9.17) is 11.5 Å². The second kappa shape index (κ2) is 7.51. The van der Waals surface area contributed by atoms with E-state index in [-0.39, 0.29) is 17.2 Å². The second-order valence-corrected chi connectivity index (χ2v) is 6.63. The van der Waals surface area contributed by atoms with Gasteiger partial charge in [0, 0.05) is 5.56 Å². The number of allylic oxidation sites excluding steroid dienone is 1. The van der Waals surface area contributed by atoms with Crippen molar-refractivity contribution in [3.63, 3.8) is 0 Å². The number of aryl methyl sites for hydroxylation is 1. The summed E-state index contributed by atoms with van der Waals surface area (Å²) in [6.45, 7) is 0. The third-order valence-corrected chi connectivity index (χ3v) is 4.58. The van der Waals surface area contributed by atoms with E-state index in [1.165, 1.54) is 18.2 Å². The van der Waals surface area contributed by atoms with Crippen LogP contribution in [0, 0.1) is 0 Å². The molecule has 0 spiro atoms. The minimum atomic E-state index is -5.01. The first-order chi connectivity index (χ1) is 13.9. The lowest BCUT2D eigenvalue weighted by Gasteiger charge is -2.23. The van der Waals surface area contributed by atoms with Crippen LogP contribution in [0.5, 0.6) is 0 Å². The van der Waals surface area contributed by atoms with Crippen molar-refractivity contribution in [3.8, 4) is 0 Å². The standard InChI is InChI=1S/C20H15F6N3O/c21-19(22,23)12-6-7-14(16(9-12)20(24,25)26)13-3-1-2-10-4-5-11(8-15(10)13)17(30)29-18(27)28/h3-9H,1-2H2,(H4,27,28,29,30). The van der Waals surface area contributed by atoms with Crippen molar-refractivity contribution in [2.75, 3.05) is 0 Å². The van der Waals surface area contributed by atoms with Gasteiger partial charge in [-0.2, -0.15) is 31.3 Å². The maximum atomic E-state index is 13.6. The van der Waals surface area contributed by atoms with Crippen LogP contribution in [0.3, 0.4) is 0 Å². The van der Waals surface area contributed by atoms with Crippen molar-refractivity contribution in [2.45, 2.75) is 25.2 Å². The lowest BCUT2D eigenvalue weighted by atomic mass is 9.83. The van der Waals surface area contributed by atoms with Crippen LogP contribution in [0.1, 0.15) is 44.6 Å². The van der Waals surface area contributed by atoms with Crippen molar-refractivity contribution in [1.82, 2.24) is 0 Å². The topological polar surface area (TPSA) is 81.5 Å². The first-order valence-corrected chi connectivity index (χ1v) is 8.64. The average Bonchev–Trinajstić information content (AvgIpc) is 2.64. The first kappa shape index (κ1) is 21.4. The predicted octanol–water partition coefficient (Wildman–Crippen LogP) is 4.52. The number of alkyl halides is 6. The first-order valence-electron chi connectivity index (χ1n) is 8.64. The van der Waals surface area contributed by atoms with Gasteiger partial charge in [0.1, 0.15) is 0 Å². The Bertz CT molecular complexity index is 1060. The van der Waals surface area contributed by atoms with Gasteiger partial charge in [0.05, 0.1) is 11.1 Å². The molecule has 0 saturated carbocycles. The summed E-state index contributed by atoms with van der Waals surface area (Å²) in [6, 6.07) is 5.85. The number of aliphatic imine (C=N–C) groups is 1. The third kappa shape index (κ3) is 4.32.